The van der Waals surface area contributed by atoms with E-state index in [1.54, 1.807) is 0 Å². The second kappa shape index (κ2) is 5.10. The van der Waals surface area contributed by atoms with Gasteiger partial charge in [0.2, 0.25) is 0 Å². The molecule has 0 radical (unpaired) electrons. The first-order chi connectivity index (χ1) is 9.31. The normalized spacial score (nSPS) is 26.5. The Balaban J connectivity index is 2.39. The molecule has 0 spiro atoms. The van der Waals surface area contributed by atoms with Gasteiger partial charge in [-0.25, -0.2) is 0 Å². The maximum atomic E-state index is 12.2. The smallest absolute Gasteiger partial charge is 0.178 e. The highest BCUT2D eigenvalue weighted by Crippen LogP contribution is 2.36. The summed E-state index contributed by atoms with van der Waals surface area (Å²) in [6.07, 6.45) is -3.31. The zero-order valence-corrected chi connectivity index (χ0v) is 10.4. The Bertz CT molecular complexity index is 529. The number of carbonyl (C=O) groups excluding carboxylic acids is 2. The molecule has 1 aromatic carbocycles. The average molecular weight is 282 g/mol. The highest BCUT2D eigenvalue weighted by Gasteiger charge is 2.41. The van der Waals surface area contributed by atoms with Crippen molar-refractivity contribution in [1.29, 1.82) is 0 Å². The summed E-state index contributed by atoms with van der Waals surface area (Å²) < 4.78 is 0. The summed E-state index contributed by atoms with van der Waals surface area (Å²) in [6, 6.07) is 1.72. The molecule has 2 rings (SSSR count). The summed E-state index contributed by atoms with van der Waals surface area (Å²) in [5, 5.41) is 48.0. The van der Waals surface area contributed by atoms with Gasteiger partial charge < -0.3 is 25.5 Å². The van der Waals surface area contributed by atoms with E-state index in [-0.39, 0.29) is 18.6 Å². The molecule has 7 heteroatoms. The Morgan fingerprint density at radius 3 is 1.90 bits per heavy atom. The minimum Gasteiger partial charge on any atom is -0.508 e. The lowest BCUT2D eigenvalue weighted by molar-refractivity contribution is -0.129. The molecule has 20 heavy (non-hydrogen) atoms. The number of benzene rings is 1. The van der Waals surface area contributed by atoms with Gasteiger partial charge in [-0.05, 0) is 0 Å². The van der Waals surface area contributed by atoms with Crippen LogP contribution in [-0.4, -0.2) is 49.3 Å². The van der Waals surface area contributed by atoms with E-state index in [2.05, 4.69) is 0 Å². The van der Waals surface area contributed by atoms with Crippen LogP contribution in [0.5, 0.6) is 17.2 Å². The monoisotopic (exact) mass is 282 g/mol. The summed E-state index contributed by atoms with van der Waals surface area (Å²) in [5.74, 6) is -4.32. The minimum absolute atomic E-state index is 0.271. The van der Waals surface area contributed by atoms with Gasteiger partial charge in [-0.15, -0.1) is 0 Å². The number of Topliss-reactive ketones (excluding diaryl/α,β-unsaturated/α-hetero) is 2. The van der Waals surface area contributed by atoms with Crippen LogP contribution in [0, 0.1) is 5.92 Å². The van der Waals surface area contributed by atoms with Gasteiger partial charge in [-0.1, -0.05) is 0 Å². The van der Waals surface area contributed by atoms with Crippen molar-refractivity contribution >= 4 is 11.6 Å². The summed E-state index contributed by atoms with van der Waals surface area (Å²) in [5.41, 5.74) is -0.500. The van der Waals surface area contributed by atoms with Gasteiger partial charge in [0.1, 0.15) is 28.6 Å². The summed E-state index contributed by atoms with van der Waals surface area (Å²) in [6.45, 7) is 0. The van der Waals surface area contributed by atoms with Crippen LogP contribution in [0.2, 0.25) is 0 Å². The lowest BCUT2D eigenvalue weighted by Gasteiger charge is -2.30. The Hall–Kier alpha value is -2.12. The standard InChI is InChI=1S/C13H14O7/c14-5-1-7(16)11(8(17)2-5)13(20)12-9(18)3-6(15)4-10(12)19/h1-2,9-10,12,14,16-19H,3-4H2. The van der Waals surface area contributed by atoms with Gasteiger partial charge in [-0.2, -0.15) is 0 Å². The molecule has 0 aromatic heterocycles. The minimum atomic E-state index is -1.38. The van der Waals surface area contributed by atoms with Crippen LogP contribution in [0.15, 0.2) is 12.1 Å². The second-order valence-electron chi connectivity index (χ2n) is 4.83. The fourth-order valence-corrected chi connectivity index (χ4v) is 2.43. The first kappa shape index (κ1) is 14.3. The van der Waals surface area contributed by atoms with E-state index in [9.17, 15) is 35.1 Å². The average Bonchev–Trinajstić information content (AvgIpc) is 2.25. The predicted octanol–water partition coefficient (Wildman–Crippen LogP) is -0.313. The maximum absolute atomic E-state index is 12.2. The van der Waals surface area contributed by atoms with Crippen molar-refractivity contribution in [2.75, 3.05) is 0 Å². The molecule has 1 aromatic rings. The van der Waals surface area contributed by atoms with E-state index in [1.165, 1.54) is 0 Å². The van der Waals surface area contributed by atoms with Gasteiger partial charge in [0.05, 0.1) is 18.1 Å². The van der Waals surface area contributed by atoms with Crippen molar-refractivity contribution in [1.82, 2.24) is 0 Å². The van der Waals surface area contributed by atoms with Crippen LogP contribution in [0.4, 0.5) is 0 Å². The van der Waals surface area contributed by atoms with E-state index < -0.39 is 46.7 Å². The van der Waals surface area contributed by atoms with Gasteiger partial charge in [-0.3, -0.25) is 9.59 Å². The molecule has 2 unspecified atom stereocenters. The first-order valence-electron chi connectivity index (χ1n) is 5.98. The predicted molar refractivity (Wildman–Crippen MR) is 65.5 cm³/mol. The Morgan fingerprint density at radius 2 is 1.45 bits per heavy atom. The molecule has 0 amide bonds. The third kappa shape index (κ3) is 2.45. The first-order valence-corrected chi connectivity index (χ1v) is 5.98. The molecule has 0 saturated heterocycles. The molecule has 0 aliphatic heterocycles. The largest absolute Gasteiger partial charge is 0.508 e. The van der Waals surface area contributed by atoms with Crippen molar-refractivity contribution in [3.63, 3.8) is 0 Å². The zero-order valence-electron chi connectivity index (χ0n) is 10.4. The molecule has 1 aliphatic rings. The van der Waals surface area contributed by atoms with Gasteiger partial charge in [0.25, 0.3) is 0 Å². The van der Waals surface area contributed by atoms with Crippen molar-refractivity contribution in [3.8, 4) is 17.2 Å². The Morgan fingerprint density at radius 1 is 1.00 bits per heavy atom. The fourth-order valence-electron chi connectivity index (χ4n) is 2.43. The molecule has 7 nitrogen and oxygen atoms in total. The van der Waals surface area contributed by atoms with Crippen LogP contribution in [0.1, 0.15) is 23.2 Å². The van der Waals surface area contributed by atoms with Crippen molar-refractivity contribution in [2.45, 2.75) is 25.0 Å². The Kier molecular flexibility index (Phi) is 3.65. The number of aromatic hydroxyl groups is 3. The van der Waals surface area contributed by atoms with Crippen molar-refractivity contribution in [2.24, 2.45) is 5.92 Å². The number of aliphatic hydroxyl groups excluding tert-OH is 2. The number of phenolic OH excluding ortho intramolecular Hbond substituents is 3. The van der Waals surface area contributed by atoms with Crippen LogP contribution in [0.3, 0.4) is 0 Å². The van der Waals surface area contributed by atoms with Crippen molar-refractivity contribution < 1.29 is 35.1 Å². The van der Waals surface area contributed by atoms with E-state index >= 15 is 0 Å². The molecular formula is C13H14O7. The quantitative estimate of drug-likeness (QED) is 0.469. The van der Waals surface area contributed by atoms with Gasteiger partial charge >= 0.3 is 0 Å². The summed E-state index contributed by atoms with van der Waals surface area (Å²) in [4.78, 5) is 23.5. The second-order valence-corrected chi connectivity index (χ2v) is 4.83. The molecule has 2 atom stereocenters. The Labute approximate surface area is 113 Å². The molecule has 0 bridgehead atoms. The summed E-state index contributed by atoms with van der Waals surface area (Å²) in [7, 11) is 0. The SMILES string of the molecule is O=C1CC(O)C(C(=O)c2c(O)cc(O)cc2O)C(O)C1. The topological polar surface area (TPSA) is 135 Å². The van der Waals surface area contributed by atoms with Gasteiger partial charge in [0, 0.05) is 25.0 Å². The molecule has 1 saturated carbocycles. The zero-order chi connectivity index (χ0) is 15.0. The molecular weight excluding hydrogens is 268 g/mol. The molecule has 108 valence electrons. The number of rotatable bonds is 2. The number of phenols is 3. The highest BCUT2D eigenvalue weighted by molar-refractivity contribution is 6.04. The molecule has 5 N–H and O–H groups in total. The van der Waals surface area contributed by atoms with Crippen LogP contribution in [-0.2, 0) is 4.79 Å². The maximum Gasteiger partial charge on any atom is 0.178 e. The third-order valence-electron chi connectivity index (χ3n) is 3.33. The third-order valence-corrected chi connectivity index (χ3v) is 3.33. The number of aliphatic hydroxyl groups is 2. The highest BCUT2D eigenvalue weighted by atomic mass is 16.3. The number of hydrogen-bond donors (Lipinski definition) is 5. The fraction of sp³-hybridized carbons (Fsp3) is 0.385. The van der Waals surface area contributed by atoms with Gasteiger partial charge in [0.15, 0.2) is 5.78 Å². The van der Waals surface area contributed by atoms with E-state index in [0.717, 1.165) is 12.1 Å². The molecule has 1 fully saturated rings. The number of carbonyl (C=O) groups is 2. The molecule has 1 aliphatic carbocycles. The molecule has 0 heterocycles. The lowest BCUT2D eigenvalue weighted by atomic mass is 9.78. The van der Waals surface area contributed by atoms with Crippen LogP contribution < -0.4 is 0 Å². The van der Waals surface area contributed by atoms with Crippen LogP contribution >= 0.6 is 0 Å². The number of ketones is 2. The number of hydrogen-bond acceptors (Lipinski definition) is 7. The van der Waals surface area contributed by atoms with Crippen molar-refractivity contribution in [3.05, 3.63) is 17.7 Å². The van der Waals surface area contributed by atoms with Crippen LogP contribution in [0.25, 0.3) is 0 Å². The van der Waals surface area contributed by atoms with E-state index in [1.807, 2.05) is 0 Å². The van der Waals surface area contributed by atoms with E-state index in [4.69, 9.17) is 0 Å². The van der Waals surface area contributed by atoms with E-state index in [0.29, 0.717) is 0 Å². The summed E-state index contributed by atoms with van der Waals surface area (Å²) >= 11 is 0. The lowest BCUT2D eigenvalue weighted by Crippen LogP contribution is -2.44.